The zero-order chi connectivity index (χ0) is 33.5. The topological polar surface area (TPSA) is 149 Å². The van der Waals surface area contributed by atoms with Crippen molar-refractivity contribution >= 4 is 29.9 Å². The van der Waals surface area contributed by atoms with Gasteiger partial charge in [0.25, 0.3) is 0 Å². The van der Waals surface area contributed by atoms with Crippen molar-refractivity contribution in [2.24, 2.45) is 17.8 Å². The molecule has 47 heavy (non-hydrogen) atoms. The molecule has 1 aromatic rings. The number of benzene rings is 1. The number of hydrogen-bond acceptors (Lipinski definition) is 6. The molecule has 5 amide bonds. The molecular weight excluding hydrogens is 602 g/mol. The Morgan fingerprint density at radius 1 is 1.02 bits per heavy atom. The van der Waals surface area contributed by atoms with Gasteiger partial charge in [0.15, 0.2) is 0 Å². The lowest BCUT2D eigenvalue weighted by molar-refractivity contribution is -0.146. The lowest BCUT2D eigenvalue weighted by Gasteiger charge is -2.35. The SMILES string of the molecule is CC(C)(C)OC(=O)N[C@@H]1CCCCC/C=C\[C@H]2C[C@@]2(C(=O)O)NC(=O)[C@@H]2[C@H]3CN(C(=O)N4CCc5ccccc5C4)C[C@H]3CN2C1=O. The number of alkyl carbamates (subject to hydrolysis) is 1. The van der Waals surface area contributed by atoms with Crippen LogP contribution in [0.2, 0.25) is 0 Å². The van der Waals surface area contributed by atoms with Crippen LogP contribution in [0.4, 0.5) is 9.59 Å². The van der Waals surface area contributed by atoms with Crippen LogP contribution < -0.4 is 10.6 Å². The summed E-state index contributed by atoms with van der Waals surface area (Å²) in [6.07, 6.45) is 7.69. The minimum Gasteiger partial charge on any atom is -0.479 e. The fourth-order valence-corrected chi connectivity index (χ4v) is 7.84. The third kappa shape index (κ3) is 6.82. The van der Waals surface area contributed by atoms with E-state index in [1.165, 1.54) is 10.5 Å². The minimum atomic E-state index is -1.43. The molecule has 0 spiro atoms. The van der Waals surface area contributed by atoms with Crippen LogP contribution in [0.25, 0.3) is 0 Å². The van der Waals surface area contributed by atoms with Crippen LogP contribution in [0.5, 0.6) is 0 Å². The van der Waals surface area contributed by atoms with Crippen molar-refractivity contribution in [3.05, 3.63) is 47.5 Å². The van der Waals surface area contributed by atoms with Crippen LogP contribution in [0, 0.1) is 17.8 Å². The van der Waals surface area contributed by atoms with Crippen LogP contribution in [-0.2, 0) is 32.1 Å². The highest BCUT2D eigenvalue weighted by Crippen LogP contribution is 2.46. The third-order valence-corrected chi connectivity index (χ3v) is 10.4. The van der Waals surface area contributed by atoms with Gasteiger partial charge in [-0.1, -0.05) is 49.3 Å². The number of likely N-dealkylation sites (tertiary alicyclic amines) is 1. The van der Waals surface area contributed by atoms with E-state index in [0.717, 1.165) is 31.2 Å². The van der Waals surface area contributed by atoms with Gasteiger partial charge in [-0.05, 0) is 64.0 Å². The second-order valence-electron chi connectivity index (χ2n) is 14.8. The molecule has 12 nitrogen and oxygen atoms in total. The van der Waals surface area contributed by atoms with Crippen LogP contribution in [0.1, 0.15) is 70.4 Å². The summed E-state index contributed by atoms with van der Waals surface area (Å²) in [6.45, 7) is 7.25. The van der Waals surface area contributed by atoms with Crippen LogP contribution in [-0.4, -0.2) is 99.1 Å². The van der Waals surface area contributed by atoms with E-state index in [9.17, 15) is 29.1 Å². The number of amides is 5. The van der Waals surface area contributed by atoms with Crippen molar-refractivity contribution in [1.82, 2.24) is 25.3 Å². The number of carbonyl (C=O) groups is 5. The number of rotatable bonds is 2. The predicted molar refractivity (Wildman–Crippen MR) is 172 cm³/mol. The Hall–Kier alpha value is -4.09. The zero-order valence-electron chi connectivity index (χ0n) is 27.6. The maximum absolute atomic E-state index is 14.3. The third-order valence-electron chi connectivity index (χ3n) is 10.4. The number of nitrogens with zero attached hydrogens (tertiary/aromatic N) is 3. The average Bonchev–Trinajstić information content (AvgIpc) is 3.37. The van der Waals surface area contributed by atoms with E-state index in [2.05, 4.69) is 16.7 Å². The summed E-state index contributed by atoms with van der Waals surface area (Å²) in [7, 11) is 0. The molecule has 4 aliphatic heterocycles. The van der Waals surface area contributed by atoms with E-state index >= 15 is 0 Å². The molecule has 3 fully saturated rings. The number of aliphatic carboxylic acids is 1. The first kappa shape index (κ1) is 32.8. The van der Waals surface area contributed by atoms with Gasteiger partial charge in [-0.15, -0.1) is 0 Å². The fourth-order valence-electron chi connectivity index (χ4n) is 7.84. The highest BCUT2D eigenvalue weighted by atomic mass is 16.6. The fraction of sp³-hybridized carbons (Fsp3) is 0.629. The lowest BCUT2D eigenvalue weighted by atomic mass is 9.93. The normalized spacial score (nSPS) is 31.6. The van der Waals surface area contributed by atoms with E-state index < -0.39 is 41.2 Å². The zero-order valence-corrected chi connectivity index (χ0v) is 27.6. The van der Waals surface area contributed by atoms with E-state index in [1.807, 2.05) is 35.3 Å². The van der Waals surface area contributed by atoms with Gasteiger partial charge in [-0.2, -0.15) is 0 Å². The van der Waals surface area contributed by atoms with Gasteiger partial charge in [0, 0.05) is 50.5 Å². The molecule has 4 heterocycles. The molecule has 254 valence electrons. The molecule has 6 rings (SSSR count). The minimum absolute atomic E-state index is 0.0943. The number of urea groups is 1. The molecule has 0 radical (unpaired) electrons. The highest BCUT2D eigenvalue weighted by molar-refractivity contribution is 5.96. The Kier molecular flexibility index (Phi) is 8.97. The Labute approximate surface area is 275 Å². The van der Waals surface area contributed by atoms with E-state index in [-0.39, 0.29) is 49.2 Å². The molecule has 1 saturated carbocycles. The van der Waals surface area contributed by atoms with Gasteiger partial charge in [0.1, 0.15) is 23.2 Å². The number of carboxylic acid groups (broad SMARTS) is 1. The first-order valence-electron chi connectivity index (χ1n) is 17.0. The Morgan fingerprint density at radius 2 is 1.79 bits per heavy atom. The van der Waals surface area contributed by atoms with Crippen molar-refractivity contribution in [2.75, 3.05) is 26.2 Å². The molecule has 5 aliphatic rings. The first-order chi connectivity index (χ1) is 22.4. The number of ether oxygens (including phenoxy) is 1. The van der Waals surface area contributed by atoms with Gasteiger partial charge in [-0.3, -0.25) is 9.59 Å². The number of hydrogen-bond donors (Lipinski definition) is 3. The molecule has 0 bridgehead atoms. The maximum Gasteiger partial charge on any atom is 0.408 e. The van der Waals surface area contributed by atoms with Crippen molar-refractivity contribution in [2.45, 2.75) is 95.5 Å². The summed E-state index contributed by atoms with van der Waals surface area (Å²) in [6, 6.07) is 6.12. The number of carboxylic acids is 1. The predicted octanol–water partition coefficient (Wildman–Crippen LogP) is 3.30. The smallest absolute Gasteiger partial charge is 0.408 e. The number of carbonyl (C=O) groups excluding carboxylic acids is 4. The Bertz CT molecular complexity index is 1460. The number of nitrogens with one attached hydrogen (secondary N) is 2. The summed E-state index contributed by atoms with van der Waals surface area (Å²) in [4.78, 5) is 72.7. The van der Waals surface area contributed by atoms with Gasteiger partial charge in [-0.25, -0.2) is 14.4 Å². The first-order valence-corrected chi connectivity index (χ1v) is 17.0. The molecule has 0 unspecified atom stereocenters. The number of allylic oxidation sites excluding steroid dienone is 1. The standard InChI is InChI=1S/C35H47N5O7/c1-34(2,3)47-32(45)36-27-14-8-6-4-5-7-13-25-17-35(25,31(43)44)37-29(41)28-26-21-39(19-24(26)20-40(28)30(27)42)33(46)38-16-15-22-11-9-10-12-23(22)18-38/h7,9-13,24-28H,4-6,8,14-21H2,1-3H3,(H,36,45)(H,37,41)(H,43,44)/b13-7-/t24-,25-,26-,27+,28-,35+/m0/s1. The summed E-state index contributed by atoms with van der Waals surface area (Å²) >= 11 is 0. The molecule has 1 aliphatic carbocycles. The summed E-state index contributed by atoms with van der Waals surface area (Å²) < 4.78 is 5.48. The summed E-state index contributed by atoms with van der Waals surface area (Å²) in [5, 5.41) is 15.8. The quantitative estimate of drug-likeness (QED) is 0.417. The van der Waals surface area contributed by atoms with E-state index in [4.69, 9.17) is 4.74 Å². The number of fused-ring (bicyclic) bond motifs is 5. The highest BCUT2D eigenvalue weighted by Gasteiger charge is 2.62. The van der Waals surface area contributed by atoms with Gasteiger partial charge < -0.3 is 35.2 Å². The van der Waals surface area contributed by atoms with E-state index in [1.54, 1.807) is 25.7 Å². The van der Waals surface area contributed by atoms with Gasteiger partial charge >= 0.3 is 18.1 Å². The van der Waals surface area contributed by atoms with Gasteiger partial charge in [0.05, 0.1) is 0 Å². The molecule has 0 aromatic heterocycles. The summed E-state index contributed by atoms with van der Waals surface area (Å²) in [5.74, 6) is -2.91. The monoisotopic (exact) mass is 649 g/mol. The largest absolute Gasteiger partial charge is 0.479 e. The molecule has 12 heteroatoms. The molecule has 6 atom stereocenters. The lowest BCUT2D eigenvalue weighted by Crippen LogP contribution is -2.58. The average molecular weight is 650 g/mol. The molecule has 1 aromatic carbocycles. The van der Waals surface area contributed by atoms with E-state index in [0.29, 0.717) is 32.5 Å². The van der Waals surface area contributed by atoms with Crippen LogP contribution in [0.3, 0.4) is 0 Å². The second-order valence-corrected chi connectivity index (χ2v) is 14.8. The van der Waals surface area contributed by atoms with Crippen molar-refractivity contribution in [3.8, 4) is 0 Å². The molecular formula is C35H47N5O7. The van der Waals surface area contributed by atoms with Crippen LogP contribution >= 0.6 is 0 Å². The Morgan fingerprint density at radius 3 is 2.53 bits per heavy atom. The molecule has 2 saturated heterocycles. The van der Waals surface area contributed by atoms with Crippen molar-refractivity contribution < 1.29 is 33.8 Å². The van der Waals surface area contributed by atoms with Crippen molar-refractivity contribution in [3.63, 3.8) is 0 Å². The van der Waals surface area contributed by atoms with Crippen LogP contribution in [0.15, 0.2) is 36.4 Å². The second kappa shape index (κ2) is 12.8. The maximum atomic E-state index is 14.3. The summed E-state index contributed by atoms with van der Waals surface area (Å²) in [5.41, 5.74) is 0.181. The molecule has 3 N–H and O–H groups in total. The van der Waals surface area contributed by atoms with Crippen molar-refractivity contribution in [1.29, 1.82) is 0 Å². The van der Waals surface area contributed by atoms with Gasteiger partial charge in [0.2, 0.25) is 11.8 Å². The Balaban J connectivity index is 1.25.